The molecule has 0 bridgehead atoms. The van der Waals surface area contributed by atoms with Gasteiger partial charge < -0.3 is 9.59 Å². The van der Waals surface area contributed by atoms with Gasteiger partial charge in [0.1, 0.15) is 13.6 Å². The number of carbonyl (C=O) groups is 2. The lowest BCUT2D eigenvalue weighted by Crippen LogP contribution is -2.14. The van der Waals surface area contributed by atoms with Crippen molar-refractivity contribution in [3.8, 4) is 22.3 Å². The van der Waals surface area contributed by atoms with Crippen molar-refractivity contribution in [1.82, 2.24) is 0 Å². The SMILES string of the molecule is C=O.C=O.CC(C)(C)c1ccc2c(c1)-c1cc(C(C)(C)C)ccc1CC(c1ccc(CCc3ccc(/C=C4/Cc5ccc(C(C)(C)C)cc5-c5cc(C(C)(C)C)ccc54)cc3)cc1)=C2. The molecule has 0 aliphatic heterocycles. The smallest absolute Gasteiger partial charge is 0.106 e. The van der Waals surface area contributed by atoms with Gasteiger partial charge in [0, 0.05) is 0 Å². The van der Waals surface area contributed by atoms with Crippen LogP contribution in [0.25, 0.3) is 45.6 Å². The van der Waals surface area contributed by atoms with Gasteiger partial charge >= 0.3 is 0 Å². The van der Waals surface area contributed by atoms with Gasteiger partial charge in [-0.1, -0.05) is 217 Å². The molecule has 2 aliphatic carbocycles. The van der Waals surface area contributed by atoms with Crippen molar-refractivity contribution in [2.45, 2.75) is 130 Å². The quantitative estimate of drug-likeness (QED) is 0.173. The van der Waals surface area contributed by atoms with Crippen molar-refractivity contribution in [2.75, 3.05) is 0 Å². The van der Waals surface area contributed by atoms with E-state index in [1.54, 1.807) is 0 Å². The number of allylic oxidation sites excluding steroid dienone is 2. The van der Waals surface area contributed by atoms with Crippen molar-refractivity contribution >= 4 is 36.9 Å². The molecule has 2 nitrogen and oxygen atoms in total. The van der Waals surface area contributed by atoms with E-state index in [9.17, 15) is 0 Å². The molecule has 0 atom stereocenters. The van der Waals surface area contributed by atoms with Crippen LogP contribution in [0.4, 0.5) is 0 Å². The highest BCUT2D eigenvalue weighted by atomic mass is 16.1. The standard InChI is InChI=1S/C60H66.2CH2O/c1-57(2,3)48-26-23-43-32-46(33-44-24-27-49(58(4,5)6)36-54(44)53(43)35-48)42-21-19-40(20-22-42)14-13-39-15-17-41(18-16-39)31-47-34-45-25-28-50(59(7,8)9)37-55(45)56-38-51(60(10,11)12)29-30-52(47)56;2*1-2/h15-32,35-38H,13-14,33-34H2,1-12H3;2*1H2/b47-31-;;. The van der Waals surface area contributed by atoms with Crippen LogP contribution in [0.3, 0.4) is 0 Å². The average Bonchev–Trinajstić information content (AvgIpc) is 3.42. The van der Waals surface area contributed by atoms with E-state index in [4.69, 9.17) is 9.59 Å². The lowest BCUT2D eigenvalue weighted by atomic mass is 9.76. The molecular weight excluding hydrogens is 777 g/mol. The van der Waals surface area contributed by atoms with Crippen LogP contribution in [-0.2, 0) is 56.9 Å². The highest BCUT2D eigenvalue weighted by molar-refractivity contribution is 5.95. The first kappa shape index (κ1) is 47.6. The minimum absolute atomic E-state index is 0.0920. The molecule has 0 heterocycles. The van der Waals surface area contributed by atoms with Crippen LogP contribution < -0.4 is 0 Å². The number of rotatable bonds is 5. The zero-order valence-corrected chi connectivity index (χ0v) is 40.8. The summed E-state index contributed by atoms with van der Waals surface area (Å²) in [7, 11) is 0. The van der Waals surface area contributed by atoms with Crippen molar-refractivity contribution < 1.29 is 9.59 Å². The molecule has 0 saturated heterocycles. The zero-order valence-electron chi connectivity index (χ0n) is 40.8. The molecule has 0 N–H and O–H groups in total. The summed E-state index contributed by atoms with van der Waals surface area (Å²) in [5.41, 5.74) is 25.1. The van der Waals surface area contributed by atoms with E-state index in [-0.39, 0.29) is 21.7 Å². The van der Waals surface area contributed by atoms with Gasteiger partial charge in [0.2, 0.25) is 0 Å². The predicted octanol–water partition coefficient (Wildman–Crippen LogP) is 15.8. The van der Waals surface area contributed by atoms with E-state index < -0.39 is 0 Å². The monoisotopic (exact) mass is 847 g/mol. The predicted molar refractivity (Wildman–Crippen MR) is 276 cm³/mol. The van der Waals surface area contributed by atoms with E-state index in [1.165, 1.54) is 100 Å². The van der Waals surface area contributed by atoms with Crippen LogP contribution in [0.2, 0.25) is 0 Å². The van der Waals surface area contributed by atoms with E-state index in [0.29, 0.717) is 0 Å². The molecule has 6 aromatic rings. The van der Waals surface area contributed by atoms with Crippen molar-refractivity contribution in [1.29, 1.82) is 0 Å². The van der Waals surface area contributed by atoms with Crippen LogP contribution in [0.15, 0.2) is 121 Å². The molecule has 0 radical (unpaired) electrons. The summed E-state index contributed by atoms with van der Waals surface area (Å²) in [6.07, 6.45) is 8.79. The number of hydrogen-bond acceptors (Lipinski definition) is 2. The second-order valence-corrected chi connectivity index (χ2v) is 21.9. The average molecular weight is 847 g/mol. The number of carbonyl (C=O) groups excluding carboxylic acids is 2. The maximum atomic E-state index is 8.00. The van der Waals surface area contributed by atoms with E-state index in [0.717, 1.165) is 25.7 Å². The maximum absolute atomic E-state index is 8.00. The van der Waals surface area contributed by atoms with Gasteiger partial charge in [-0.05, 0) is 148 Å². The molecule has 330 valence electrons. The summed E-state index contributed by atoms with van der Waals surface area (Å²) in [5, 5.41) is 0. The molecule has 2 aliphatic rings. The van der Waals surface area contributed by atoms with Crippen LogP contribution in [0.5, 0.6) is 0 Å². The van der Waals surface area contributed by atoms with E-state index >= 15 is 0 Å². The molecule has 2 heteroatoms. The first-order chi connectivity index (χ1) is 30.2. The summed E-state index contributed by atoms with van der Waals surface area (Å²) >= 11 is 0. The van der Waals surface area contributed by atoms with Gasteiger partial charge in [0.25, 0.3) is 0 Å². The Morgan fingerprint density at radius 3 is 1.33 bits per heavy atom. The number of aryl methyl sites for hydroxylation is 2. The van der Waals surface area contributed by atoms with Gasteiger partial charge in [0.05, 0.1) is 0 Å². The van der Waals surface area contributed by atoms with E-state index in [2.05, 4.69) is 217 Å². The van der Waals surface area contributed by atoms with Crippen molar-refractivity contribution in [3.05, 3.63) is 188 Å². The summed E-state index contributed by atoms with van der Waals surface area (Å²) in [5.74, 6) is 0. The Bertz CT molecular complexity index is 2670. The van der Waals surface area contributed by atoms with Gasteiger partial charge in [-0.15, -0.1) is 0 Å². The number of fused-ring (bicyclic) bond motifs is 6. The second kappa shape index (κ2) is 18.7. The van der Waals surface area contributed by atoms with E-state index in [1.807, 2.05) is 13.6 Å². The number of benzene rings is 6. The minimum atomic E-state index is 0.0920. The Hall–Kier alpha value is -5.86. The highest BCUT2D eigenvalue weighted by Crippen LogP contribution is 2.44. The van der Waals surface area contributed by atoms with Crippen LogP contribution in [-0.4, -0.2) is 13.6 Å². The summed E-state index contributed by atoms with van der Waals surface area (Å²) in [6.45, 7) is 31.8. The summed E-state index contributed by atoms with van der Waals surface area (Å²) in [4.78, 5) is 16.0. The lowest BCUT2D eigenvalue weighted by molar-refractivity contribution is -0.0987. The summed E-state index contributed by atoms with van der Waals surface area (Å²) in [6, 6.07) is 47.4. The molecule has 0 fully saturated rings. The van der Waals surface area contributed by atoms with Gasteiger partial charge in [-0.25, -0.2) is 0 Å². The molecule has 0 amide bonds. The minimum Gasteiger partial charge on any atom is -0.307 e. The second-order valence-electron chi connectivity index (χ2n) is 21.9. The van der Waals surface area contributed by atoms with Crippen LogP contribution in [0, 0.1) is 0 Å². The Kier molecular flexibility index (Phi) is 13.9. The third-order valence-electron chi connectivity index (χ3n) is 13.1. The molecule has 0 spiro atoms. The Morgan fingerprint density at radius 1 is 0.422 bits per heavy atom. The maximum Gasteiger partial charge on any atom is 0.106 e. The van der Waals surface area contributed by atoms with Crippen molar-refractivity contribution in [3.63, 3.8) is 0 Å². The first-order valence-electron chi connectivity index (χ1n) is 22.9. The molecule has 64 heavy (non-hydrogen) atoms. The van der Waals surface area contributed by atoms with Crippen LogP contribution in [0.1, 0.15) is 150 Å². The van der Waals surface area contributed by atoms with Crippen molar-refractivity contribution in [2.24, 2.45) is 0 Å². The zero-order chi connectivity index (χ0) is 46.8. The Balaban J connectivity index is 0.00000165. The van der Waals surface area contributed by atoms with Gasteiger partial charge in [-0.3, -0.25) is 0 Å². The molecule has 0 saturated carbocycles. The molecule has 0 unspecified atom stereocenters. The fourth-order valence-electron chi connectivity index (χ4n) is 9.01. The fraction of sp³-hybridized carbons (Fsp3) is 0.323. The molecule has 6 aromatic carbocycles. The Labute approximate surface area is 385 Å². The molecule has 0 aromatic heterocycles. The third kappa shape index (κ3) is 10.6. The highest BCUT2D eigenvalue weighted by Gasteiger charge is 2.26. The van der Waals surface area contributed by atoms with Gasteiger partial charge in [-0.2, -0.15) is 0 Å². The number of hydrogen-bond donors (Lipinski definition) is 0. The molecular formula is C62H70O2. The molecule has 8 rings (SSSR count). The fourth-order valence-corrected chi connectivity index (χ4v) is 9.01. The largest absolute Gasteiger partial charge is 0.307 e. The van der Waals surface area contributed by atoms with Gasteiger partial charge in [0.15, 0.2) is 0 Å². The third-order valence-corrected chi connectivity index (χ3v) is 13.1. The normalized spacial score (nSPS) is 14.0. The van der Waals surface area contributed by atoms with Crippen LogP contribution >= 0.6 is 0 Å². The first-order valence-corrected chi connectivity index (χ1v) is 22.9. The lowest BCUT2D eigenvalue weighted by Gasteiger charge is -2.29. The topological polar surface area (TPSA) is 34.1 Å². The summed E-state index contributed by atoms with van der Waals surface area (Å²) < 4.78 is 0. The Morgan fingerprint density at radius 2 is 0.828 bits per heavy atom.